The zero-order valence-electron chi connectivity index (χ0n) is 18.5. The van der Waals surface area contributed by atoms with Crippen molar-refractivity contribution in [2.24, 2.45) is 0 Å². The second-order valence-electron chi connectivity index (χ2n) is 6.39. The third kappa shape index (κ3) is 5.91. The summed E-state index contributed by atoms with van der Waals surface area (Å²) in [5, 5.41) is 12.9. The van der Waals surface area contributed by atoms with E-state index in [0.29, 0.717) is 22.8 Å². The lowest BCUT2D eigenvalue weighted by atomic mass is 10.1. The molecule has 0 aliphatic heterocycles. The van der Waals surface area contributed by atoms with Crippen LogP contribution in [-0.4, -0.2) is 52.2 Å². The first-order chi connectivity index (χ1) is 16.1. The summed E-state index contributed by atoms with van der Waals surface area (Å²) < 4.78 is 51.7. The van der Waals surface area contributed by atoms with Crippen LogP contribution in [0.15, 0.2) is 36.4 Å². The largest absolute Gasteiger partial charge is 0.543 e. The number of carboxylic acid groups (broad SMARTS) is 1. The molecule has 0 saturated carbocycles. The maximum absolute atomic E-state index is 13.3. The number of anilines is 1. The minimum Gasteiger partial charge on any atom is -0.543 e. The van der Waals surface area contributed by atoms with Crippen LogP contribution in [0.25, 0.3) is 6.08 Å². The molecule has 1 amide bonds. The molecule has 0 aromatic heterocycles. The Kier molecular flexibility index (Phi) is 8.37. The summed E-state index contributed by atoms with van der Waals surface area (Å²) in [4.78, 5) is 34.4. The molecule has 0 unspecified atom stereocenters. The van der Waals surface area contributed by atoms with Crippen molar-refractivity contribution in [3.63, 3.8) is 0 Å². The van der Waals surface area contributed by atoms with E-state index in [0.717, 1.165) is 12.1 Å². The van der Waals surface area contributed by atoms with Gasteiger partial charge in [-0.1, -0.05) is 0 Å². The maximum atomic E-state index is 13.3. The molecule has 0 spiro atoms. The molecular formula is C22H20F2NO9-. The van der Waals surface area contributed by atoms with Gasteiger partial charge in [-0.3, -0.25) is 4.79 Å². The molecule has 0 aliphatic rings. The van der Waals surface area contributed by atoms with Gasteiger partial charge in [0.2, 0.25) is 5.91 Å². The number of methoxy groups -OCH3 is 4. The Bertz CT molecular complexity index is 1090. The number of aliphatic carboxylic acids is 1. The van der Waals surface area contributed by atoms with Gasteiger partial charge < -0.3 is 38.9 Å². The van der Waals surface area contributed by atoms with Crippen molar-refractivity contribution >= 4 is 29.6 Å². The second kappa shape index (κ2) is 11.0. The van der Waals surface area contributed by atoms with Gasteiger partial charge in [0.05, 0.1) is 34.0 Å². The van der Waals surface area contributed by atoms with Crippen LogP contribution in [0.4, 0.5) is 14.5 Å². The van der Waals surface area contributed by atoms with E-state index in [1.54, 1.807) is 12.1 Å². The van der Waals surface area contributed by atoms with Crippen molar-refractivity contribution in [2.75, 3.05) is 33.8 Å². The number of benzene rings is 2. The van der Waals surface area contributed by atoms with Crippen molar-refractivity contribution in [1.82, 2.24) is 0 Å². The van der Waals surface area contributed by atoms with Crippen LogP contribution in [0.5, 0.6) is 28.7 Å². The van der Waals surface area contributed by atoms with Gasteiger partial charge in [0.1, 0.15) is 23.2 Å². The SMILES string of the molecule is COc1cc(OC)c(/C=C/C(=O)Nc2ccc(OC)c(OC(=O)C(F)(F)C(=O)[O-])c2)c(OC)c1. The molecule has 0 heterocycles. The van der Waals surface area contributed by atoms with Gasteiger partial charge in [0.15, 0.2) is 11.5 Å². The van der Waals surface area contributed by atoms with Crippen LogP contribution in [0.3, 0.4) is 0 Å². The Labute approximate surface area is 192 Å². The van der Waals surface area contributed by atoms with E-state index in [9.17, 15) is 28.3 Å². The summed E-state index contributed by atoms with van der Waals surface area (Å²) in [6.45, 7) is 0. The molecule has 34 heavy (non-hydrogen) atoms. The number of carboxylic acids is 1. The van der Waals surface area contributed by atoms with Gasteiger partial charge in [-0.25, -0.2) is 4.79 Å². The van der Waals surface area contributed by atoms with E-state index in [4.69, 9.17) is 18.9 Å². The molecular weight excluding hydrogens is 460 g/mol. The van der Waals surface area contributed by atoms with Crippen LogP contribution in [0.2, 0.25) is 0 Å². The Morgan fingerprint density at radius 1 is 0.882 bits per heavy atom. The topological polar surface area (TPSA) is 132 Å². The van der Waals surface area contributed by atoms with Crippen LogP contribution in [-0.2, 0) is 14.4 Å². The van der Waals surface area contributed by atoms with Gasteiger partial charge in [-0.05, 0) is 18.2 Å². The van der Waals surface area contributed by atoms with E-state index >= 15 is 0 Å². The summed E-state index contributed by atoms with van der Waals surface area (Å²) in [7, 11) is 5.49. The summed E-state index contributed by atoms with van der Waals surface area (Å²) in [5.74, 6) is -10.3. The fraction of sp³-hybridized carbons (Fsp3) is 0.227. The summed E-state index contributed by atoms with van der Waals surface area (Å²) in [6, 6.07) is 6.74. The van der Waals surface area contributed by atoms with Crippen molar-refractivity contribution < 1.29 is 52.0 Å². The first-order valence-corrected chi connectivity index (χ1v) is 9.36. The molecule has 0 bridgehead atoms. The molecule has 0 aliphatic carbocycles. The molecule has 10 nitrogen and oxygen atoms in total. The number of halogens is 2. The number of carbonyl (C=O) groups excluding carboxylic acids is 3. The second-order valence-corrected chi connectivity index (χ2v) is 6.39. The standard InChI is InChI=1S/C22H21F2NO9/c1-30-13-10-16(32-3)14(17(11-13)33-4)6-8-19(26)25-12-5-7-15(31-2)18(9-12)34-21(29)22(23,24)20(27)28/h5-11H,1-4H3,(H,25,26)(H,27,28)/p-1/b8-6+. The number of nitrogens with one attached hydrogen (secondary N) is 1. The molecule has 0 radical (unpaired) electrons. The highest BCUT2D eigenvalue weighted by atomic mass is 19.3. The van der Waals surface area contributed by atoms with Crippen LogP contribution in [0, 0.1) is 0 Å². The van der Waals surface area contributed by atoms with Crippen LogP contribution >= 0.6 is 0 Å². The van der Waals surface area contributed by atoms with E-state index in [1.165, 1.54) is 46.6 Å². The molecule has 182 valence electrons. The van der Waals surface area contributed by atoms with E-state index in [-0.39, 0.29) is 11.4 Å². The highest BCUT2D eigenvalue weighted by molar-refractivity contribution is 6.03. The van der Waals surface area contributed by atoms with Crippen molar-refractivity contribution in [2.45, 2.75) is 5.92 Å². The number of ether oxygens (including phenoxy) is 5. The van der Waals surface area contributed by atoms with Gasteiger partial charge in [0, 0.05) is 30.0 Å². The molecule has 0 fully saturated rings. The minimum atomic E-state index is -4.89. The smallest absolute Gasteiger partial charge is 0.388 e. The minimum absolute atomic E-state index is 0.0312. The van der Waals surface area contributed by atoms with Gasteiger partial charge >= 0.3 is 11.9 Å². The normalized spacial score (nSPS) is 11.0. The summed E-state index contributed by atoms with van der Waals surface area (Å²) in [5.41, 5.74) is 0.471. The molecule has 12 heteroatoms. The predicted molar refractivity (Wildman–Crippen MR) is 112 cm³/mol. The highest BCUT2D eigenvalue weighted by Crippen LogP contribution is 2.35. The number of carbonyl (C=O) groups is 3. The molecule has 2 aromatic rings. The van der Waals surface area contributed by atoms with Gasteiger partial charge in [-0.15, -0.1) is 0 Å². The third-order valence-electron chi connectivity index (χ3n) is 4.30. The molecule has 2 rings (SSSR count). The number of alkyl halides is 2. The number of amides is 1. The lowest BCUT2D eigenvalue weighted by Gasteiger charge is -2.17. The Balaban J connectivity index is 2.26. The lowest BCUT2D eigenvalue weighted by molar-refractivity contribution is -0.326. The fourth-order valence-corrected chi connectivity index (χ4v) is 2.62. The number of esters is 1. The summed E-state index contributed by atoms with van der Waals surface area (Å²) in [6.07, 6.45) is 2.56. The Morgan fingerprint density at radius 2 is 1.47 bits per heavy atom. The van der Waals surface area contributed by atoms with Crippen molar-refractivity contribution in [1.29, 1.82) is 0 Å². The highest BCUT2D eigenvalue weighted by Gasteiger charge is 2.43. The van der Waals surface area contributed by atoms with E-state index < -0.39 is 29.5 Å². The Morgan fingerprint density at radius 3 is 1.97 bits per heavy atom. The van der Waals surface area contributed by atoms with Crippen LogP contribution in [0.1, 0.15) is 5.56 Å². The van der Waals surface area contributed by atoms with E-state index in [1.807, 2.05) is 0 Å². The fourth-order valence-electron chi connectivity index (χ4n) is 2.62. The first-order valence-electron chi connectivity index (χ1n) is 9.36. The molecule has 0 saturated heterocycles. The Hall–Kier alpha value is -4.35. The molecule has 0 atom stereocenters. The average molecular weight is 480 g/mol. The number of rotatable bonds is 10. The van der Waals surface area contributed by atoms with Gasteiger partial charge in [0.25, 0.3) is 0 Å². The monoisotopic (exact) mass is 480 g/mol. The lowest BCUT2D eigenvalue weighted by Crippen LogP contribution is -2.49. The van der Waals surface area contributed by atoms with Gasteiger partial charge in [-0.2, -0.15) is 8.78 Å². The average Bonchev–Trinajstić information content (AvgIpc) is 2.82. The zero-order valence-corrected chi connectivity index (χ0v) is 18.5. The number of hydrogen-bond donors (Lipinski definition) is 1. The first kappa shape index (κ1) is 25.9. The maximum Gasteiger partial charge on any atom is 0.388 e. The summed E-state index contributed by atoms with van der Waals surface area (Å²) >= 11 is 0. The molecule has 2 aromatic carbocycles. The quantitative estimate of drug-likeness (QED) is 0.233. The zero-order chi connectivity index (χ0) is 25.5. The van der Waals surface area contributed by atoms with Crippen molar-refractivity contribution in [3.8, 4) is 28.7 Å². The molecule has 1 N–H and O–H groups in total. The van der Waals surface area contributed by atoms with Crippen LogP contribution < -0.4 is 34.1 Å². The van der Waals surface area contributed by atoms with Crippen molar-refractivity contribution in [3.05, 3.63) is 42.0 Å². The van der Waals surface area contributed by atoms with E-state index in [2.05, 4.69) is 10.1 Å². The third-order valence-corrected chi connectivity index (χ3v) is 4.30. The predicted octanol–water partition coefficient (Wildman–Crippen LogP) is 1.66. The number of hydrogen-bond acceptors (Lipinski definition) is 9.